The van der Waals surface area contributed by atoms with Gasteiger partial charge in [-0.2, -0.15) is 0 Å². The summed E-state index contributed by atoms with van der Waals surface area (Å²) in [5.41, 5.74) is -0.419. The minimum absolute atomic E-state index is 0.419. The van der Waals surface area contributed by atoms with Crippen LogP contribution in [-0.4, -0.2) is 22.6 Å². The Bertz CT molecular complexity index is 254. The molecule has 0 fully saturated rings. The lowest BCUT2D eigenvalue weighted by molar-refractivity contribution is -0.126. The quantitative estimate of drug-likeness (QED) is 0.381. The Morgan fingerprint density at radius 2 is 2.00 bits per heavy atom. The predicted molar refractivity (Wildman–Crippen MR) is 31.6 cm³/mol. The third-order valence-corrected chi connectivity index (χ3v) is 0.985. The van der Waals surface area contributed by atoms with Crippen molar-refractivity contribution in [3.8, 4) is 0 Å². The number of hydrogen-bond donors (Lipinski definition) is 3. The standard InChI is InChI=1S/C5H4N2O3/c6-2-1-3(8)5(10)7-4(2)9/h1,6,8H,(H,7,9,10). The molecule has 1 heterocycles. The molecule has 1 aliphatic heterocycles. The van der Waals surface area contributed by atoms with E-state index in [0.717, 1.165) is 6.08 Å². The van der Waals surface area contributed by atoms with Crippen LogP contribution in [0, 0.1) is 5.41 Å². The van der Waals surface area contributed by atoms with Crippen LogP contribution >= 0.6 is 0 Å². The van der Waals surface area contributed by atoms with Gasteiger partial charge in [0, 0.05) is 6.08 Å². The van der Waals surface area contributed by atoms with Crippen LogP contribution in [0.2, 0.25) is 0 Å². The van der Waals surface area contributed by atoms with Crippen molar-refractivity contribution in [3.63, 3.8) is 0 Å². The first-order chi connectivity index (χ1) is 4.61. The van der Waals surface area contributed by atoms with E-state index in [2.05, 4.69) is 0 Å². The Hall–Kier alpha value is -1.65. The molecule has 1 rings (SSSR count). The monoisotopic (exact) mass is 140 g/mol. The van der Waals surface area contributed by atoms with Gasteiger partial charge in [0.25, 0.3) is 11.8 Å². The largest absolute Gasteiger partial charge is 0.503 e. The minimum Gasteiger partial charge on any atom is -0.503 e. The maximum atomic E-state index is 10.4. The van der Waals surface area contributed by atoms with Crippen molar-refractivity contribution in [2.45, 2.75) is 0 Å². The number of rotatable bonds is 0. The zero-order valence-electron chi connectivity index (χ0n) is 4.84. The zero-order valence-corrected chi connectivity index (χ0v) is 4.84. The van der Waals surface area contributed by atoms with Crippen molar-refractivity contribution >= 4 is 17.5 Å². The van der Waals surface area contributed by atoms with E-state index in [-0.39, 0.29) is 0 Å². The fraction of sp³-hybridized carbons (Fsp3) is 0. The van der Waals surface area contributed by atoms with Gasteiger partial charge in [-0.1, -0.05) is 0 Å². The number of aliphatic hydroxyl groups excluding tert-OH is 1. The van der Waals surface area contributed by atoms with Gasteiger partial charge in [-0.05, 0) is 0 Å². The van der Waals surface area contributed by atoms with E-state index in [1.54, 1.807) is 5.32 Å². The van der Waals surface area contributed by atoms with Crippen LogP contribution in [0.25, 0.3) is 0 Å². The maximum Gasteiger partial charge on any atom is 0.293 e. The van der Waals surface area contributed by atoms with E-state index in [4.69, 9.17) is 10.5 Å². The van der Waals surface area contributed by atoms with Crippen LogP contribution < -0.4 is 5.32 Å². The topological polar surface area (TPSA) is 90.2 Å². The highest BCUT2D eigenvalue weighted by Gasteiger charge is 2.21. The van der Waals surface area contributed by atoms with Crippen molar-refractivity contribution in [1.29, 1.82) is 5.41 Å². The second kappa shape index (κ2) is 1.94. The Morgan fingerprint density at radius 1 is 1.40 bits per heavy atom. The molecule has 10 heavy (non-hydrogen) atoms. The van der Waals surface area contributed by atoms with Crippen LogP contribution in [0.5, 0.6) is 0 Å². The van der Waals surface area contributed by atoms with Gasteiger partial charge in [-0.25, -0.2) is 0 Å². The second-order valence-corrected chi connectivity index (χ2v) is 1.73. The molecule has 0 aromatic heterocycles. The van der Waals surface area contributed by atoms with Gasteiger partial charge < -0.3 is 5.11 Å². The molecule has 0 atom stereocenters. The average Bonchev–Trinajstić information content (AvgIpc) is 1.84. The summed E-state index contributed by atoms with van der Waals surface area (Å²) >= 11 is 0. The predicted octanol–water partition coefficient (Wildman–Crippen LogP) is -0.896. The van der Waals surface area contributed by atoms with Gasteiger partial charge in [-0.15, -0.1) is 0 Å². The molecule has 1 aliphatic rings. The molecule has 52 valence electrons. The number of imide groups is 1. The van der Waals surface area contributed by atoms with Crippen LogP contribution in [0.3, 0.4) is 0 Å². The summed E-state index contributed by atoms with van der Waals surface area (Å²) in [5.74, 6) is -2.26. The van der Waals surface area contributed by atoms with Gasteiger partial charge in [0.15, 0.2) is 5.76 Å². The number of hydrogen-bond acceptors (Lipinski definition) is 4. The fourth-order valence-electron chi connectivity index (χ4n) is 0.502. The fourth-order valence-corrected chi connectivity index (χ4v) is 0.502. The van der Waals surface area contributed by atoms with E-state index in [1.165, 1.54) is 0 Å². The third-order valence-electron chi connectivity index (χ3n) is 0.985. The zero-order chi connectivity index (χ0) is 7.72. The molecule has 5 heteroatoms. The summed E-state index contributed by atoms with van der Waals surface area (Å²) in [7, 11) is 0. The first-order valence-corrected chi connectivity index (χ1v) is 2.46. The highest BCUT2D eigenvalue weighted by atomic mass is 16.3. The SMILES string of the molecule is N=C1C=C(O)C(=O)NC1=O. The molecule has 0 radical (unpaired) electrons. The second-order valence-electron chi connectivity index (χ2n) is 1.73. The molecule has 0 spiro atoms. The molecule has 0 bridgehead atoms. The summed E-state index contributed by atoms with van der Waals surface area (Å²) in [4.78, 5) is 20.8. The van der Waals surface area contributed by atoms with Gasteiger partial charge in [0.05, 0.1) is 0 Å². The third kappa shape index (κ3) is 0.883. The molecule has 0 aliphatic carbocycles. The van der Waals surface area contributed by atoms with E-state index in [0.29, 0.717) is 0 Å². The minimum atomic E-state index is -0.860. The molecule has 0 saturated carbocycles. The molecule has 0 aromatic carbocycles. The number of aliphatic hydroxyl groups is 1. The molecular formula is C5H4N2O3. The summed E-state index contributed by atoms with van der Waals surface area (Å²) in [6.45, 7) is 0. The number of carbonyl (C=O) groups is 2. The average molecular weight is 140 g/mol. The highest BCUT2D eigenvalue weighted by molar-refractivity contribution is 6.47. The van der Waals surface area contributed by atoms with Gasteiger partial charge in [0.1, 0.15) is 5.71 Å². The number of amides is 2. The summed E-state index contributed by atoms with van der Waals surface area (Å²) < 4.78 is 0. The molecule has 0 saturated heterocycles. The molecule has 0 unspecified atom stereocenters. The Kier molecular flexibility index (Phi) is 1.26. The van der Waals surface area contributed by atoms with E-state index >= 15 is 0 Å². The molecule has 2 amide bonds. The first kappa shape index (κ1) is 6.47. The lowest BCUT2D eigenvalue weighted by atomic mass is 10.2. The molecule has 3 N–H and O–H groups in total. The normalized spacial score (nSPS) is 18.4. The Balaban J connectivity index is 3.01. The van der Waals surface area contributed by atoms with Crippen LogP contribution in [-0.2, 0) is 9.59 Å². The number of carbonyl (C=O) groups excluding carboxylic acids is 2. The number of nitrogens with one attached hydrogen (secondary N) is 2. The maximum absolute atomic E-state index is 10.4. The summed E-state index contributed by atoms with van der Waals surface area (Å²) in [5, 5.41) is 17.2. The van der Waals surface area contributed by atoms with E-state index in [9.17, 15) is 9.59 Å². The van der Waals surface area contributed by atoms with Crippen molar-refractivity contribution in [1.82, 2.24) is 5.32 Å². The highest BCUT2D eigenvalue weighted by Crippen LogP contribution is 1.95. The molecule has 5 nitrogen and oxygen atoms in total. The van der Waals surface area contributed by atoms with Gasteiger partial charge >= 0.3 is 0 Å². The van der Waals surface area contributed by atoms with Crippen molar-refractivity contribution < 1.29 is 14.7 Å². The molecule has 0 aromatic rings. The van der Waals surface area contributed by atoms with Crippen LogP contribution in [0.15, 0.2) is 11.8 Å². The Labute approximate surface area is 55.9 Å². The lowest BCUT2D eigenvalue weighted by Crippen LogP contribution is -2.40. The van der Waals surface area contributed by atoms with E-state index < -0.39 is 23.3 Å². The molecular weight excluding hydrogens is 136 g/mol. The van der Waals surface area contributed by atoms with Crippen molar-refractivity contribution in [2.24, 2.45) is 0 Å². The Morgan fingerprint density at radius 3 is 2.50 bits per heavy atom. The van der Waals surface area contributed by atoms with Crippen LogP contribution in [0.4, 0.5) is 0 Å². The van der Waals surface area contributed by atoms with Crippen LogP contribution in [0.1, 0.15) is 0 Å². The first-order valence-electron chi connectivity index (χ1n) is 2.46. The smallest absolute Gasteiger partial charge is 0.293 e. The summed E-state index contributed by atoms with van der Waals surface area (Å²) in [6, 6.07) is 0. The van der Waals surface area contributed by atoms with Gasteiger partial charge in [-0.3, -0.25) is 20.3 Å². The van der Waals surface area contributed by atoms with Crippen molar-refractivity contribution in [2.75, 3.05) is 0 Å². The lowest BCUT2D eigenvalue weighted by Gasteiger charge is -2.06. The summed E-state index contributed by atoms with van der Waals surface area (Å²) in [6.07, 6.45) is 0.807. The van der Waals surface area contributed by atoms with Gasteiger partial charge in [0.2, 0.25) is 0 Å². The van der Waals surface area contributed by atoms with E-state index in [1.807, 2.05) is 0 Å². The van der Waals surface area contributed by atoms with Crippen molar-refractivity contribution in [3.05, 3.63) is 11.8 Å².